The highest BCUT2D eigenvalue weighted by Crippen LogP contribution is 2.36. The zero-order chi connectivity index (χ0) is 14.4. The van der Waals surface area contributed by atoms with Crippen molar-refractivity contribution in [2.24, 2.45) is 17.6 Å². The van der Waals surface area contributed by atoms with Gasteiger partial charge in [-0.25, -0.2) is 0 Å². The first-order valence-corrected chi connectivity index (χ1v) is 7.83. The Morgan fingerprint density at radius 3 is 2.95 bits per heavy atom. The van der Waals surface area contributed by atoms with E-state index in [0.29, 0.717) is 17.9 Å². The third-order valence-corrected chi connectivity index (χ3v) is 5.18. The lowest BCUT2D eigenvalue weighted by Crippen LogP contribution is -2.32. The molecule has 2 aliphatic rings. The minimum Gasteiger partial charge on any atom is -0.361 e. The standard InChI is InChI=1S/C17H21N3O/c18-15-4-3-13-9-20(10-14(13)7-15)17(21)12-2-1-11-5-6-19-16(11)8-12/h1-2,5-6,8,13-15,19H,3-4,7,9-10,18H2/t13-,14+,15?/m1/s1. The Bertz CT molecular complexity index is 677. The Labute approximate surface area is 124 Å². The van der Waals surface area contributed by atoms with Gasteiger partial charge in [-0.2, -0.15) is 0 Å². The van der Waals surface area contributed by atoms with Gasteiger partial charge in [0.25, 0.3) is 5.91 Å². The van der Waals surface area contributed by atoms with Crippen molar-refractivity contribution in [2.45, 2.75) is 25.3 Å². The van der Waals surface area contributed by atoms with Crippen LogP contribution in [0.4, 0.5) is 0 Å². The maximum atomic E-state index is 12.7. The molecule has 4 nitrogen and oxygen atoms in total. The monoisotopic (exact) mass is 283 g/mol. The molecule has 21 heavy (non-hydrogen) atoms. The number of nitrogens with one attached hydrogen (secondary N) is 1. The van der Waals surface area contributed by atoms with Gasteiger partial charge in [-0.3, -0.25) is 4.79 Å². The number of nitrogens with two attached hydrogens (primary N) is 1. The largest absolute Gasteiger partial charge is 0.361 e. The first-order valence-electron chi connectivity index (χ1n) is 7.83. The molecule has 1 aromatic carbocycles. The molecule has 3 atom stereocenters. The highest BCUT2D eigenvalue weighted by Gasteiger charge is 2.38. The average Bonchev–Trinajstić information content (AvgIpc) is 3.11. The molecule has 4 rings (SSSR count). The molecule has 3 N–H and O–H groups in total. The lowest BCUT2D eigenvalue weighted by molar-refractivity contribution is 0.0784. The minimum absolute atomic E-state index is 0.162. The van der Waals surface area contributed by atoms with E-state index in [9.17, 15) is 4.79 Å². The van der Waals surface area contributed by atoms with Crippen LogP contribution in [0.15, 0.2) is 30.5 Å². The molecule has 1 saturated carbocycles. The normalized spacial score (nSPS) is 28.8. The van der Waals surface area contributed by atoms with E-state index in [4.69, 9.17) is 5.73 Å². The highest BCUT2D eigenvalue weighted by molar-refractivity contribution is 5.98. The number of hydrogen-bond donors (Lipinski definition) is 2. The lowest BCUT2D eigenvalue weighted by Gasteiger charge is -2.27. The zero-order valence-electron chi connectivity index (χ0n) is 12.1. The molecular formula is C17H21N3O. The van der Waals surface area contributed by atoms with E-state index in [1.54, 1.807) is 0 Å². The van der Waals surface area contributed by atoms with Crippen LogP contribution >= 0.6 is 0 Å². The number of rotatable bonds is 1. The van der Waals surface area contributed by atoms with Crippen molar-refractivity contribution in [2.75, 3.05) is 13.1 Å². The van der Waals surface area contributed by atoms with Crippen LogP contribution in [0.5, 0.6) is 0 Å². The van der Waals surface area contributed by atoms with E-state index in [0.717, 1.165) is 42.4 Å². The molecule has 4 heteroatoms. The highest BCUT2D eigenvalue weighted by atomic mass is 16.2. The molecule has 1 aliphatic heterocycles. The fraction of sp³-hybridized carbons (Fsp3) is 0.471. The summed E-state index contributed by atoms with van der Waals surface area (Å²) in [6.07, 6.45) is 5.26. The van der Waals surface area contributed by atoms with Crippen LogP contribution in [0.1, 0.15) is 29.6 Å². The van der Waals surface area contributed by atoms with Gasteiger partial charge in [0.05, 0.1) is 0 Å². The number of benzene rings is 1. The van der Waals surface area contributed by atoms with Gasteiger partial charge in [-0.15, -0.1) is 0 Å². The number of hydrogen-bond acceptors (Lipinski definition) is 2. The number of fused-ring (bicyclic) bond motifs is 2. The van der Waals surface area contributed by atoms with E-state index in [1.165, 1.54) is 6.42 Å². The van der Waals surface area contributed by atoms with Crippen LogP contribution in [0, 0.1) is 11.8 Å². The van der Waals surface area contributed by atoms with Crippen molar-refractivity contribution in [3.05, 3.63) is 36.0 Å². The molecule has 0 bridgehead atoms. The van der Waals surface area contributed by atoms with Gasteiger partial charge in [0.15, 0.2) is 0 Å². The second kappa shape index (κ2) is 4.88. The van der Waals surface area contributed by atoms with Crippen molar-refractivity contribution < 1.29 is 4.79 Å². The topological polar surface area (TPSA) is 62.1 Å². The maximum absolute atomic E-state index is 12.7. The number of nitrogens with zero attached hydrogens (tertiary/aromatic N) is 1. The van der Waals surface area contributed by atoms with Gasteiger partial charge in [-0.1, -0.05) is 6.07 Å². The van der Waals surface area contributed by atoms with Crippen LogP contribution in [-0.4, -0.2) is 34.9 Å². The second-order valence-electron chi connectivity index (χ2n) is 6.58. The Morgan fingerprint density at radius 2 is 2.05 bits per heavy atom. The summed E-state index contributed by atoms with van der Waals surface area (Å²) in [5.74, 6) is 1.42. The van der Waals surface area contributed by atoms with Gasteiger partial charge >= 0.3 is 0 Å². The molecule has 1 aromatic heterocycles. The van der Waals surface area contributed by atoms with E-state index >= 15 is 0 Å². The van der Waals surface area contributed by atoms with Crippen molar-refractivity contribution in [1.29, 1.82) is 0 Å². The molecule has 110 valence electrons. The quantitative estimate of drug-likeness (QED) is 0.844. The molecule has 1 saturated heterocycles. The average molecular weight is 283 g/mol. The predicted octanol–water partition coefficient (Wildman–Crippen LogP) is 2.37. The summed E-state index contributed by atoms with van der Waals surface area (Å²) in [4.78, 5) is 17.9. The number of carbonyl (C=O) groups is 1. The van der Waals surface area contributed by atoms with Crippen molar-refractivity contribution in [1.82, 2.24) is 9.88 Å². The number of aromatic nitrogens is 1. The fourth-order valence-electron chi connectivity index (χ4n) is 4.00. The van der Waals surface area contributed by atoms with Gasteiger partial charge < -0.3 is 15.6 Å². The number of H-pyrrole nitrogens is 1. The third-order valence-electron chi connectivity index (χ3n) is 5.18. The molecular weight excluding hydrogens is 262 g/mol. The molecule has 2 heterocycles. The van der Waals surface area contributed by atoms with Gasteiger partial charge in [0.2, 0.25) is 0 Å². The van der Waals surface area contributed by atoms with Crippen LogP contribution < -0.4 is 5.73 Å². The van der Waals surface area contributed by atoms with Gasteiger partial charge in [-0.05, 0) is 54.7 Å². The molecule has 0 radical (unpaired) electrons. The minimum atomic E-state index is 0.162. The van der Waals surface area contributed by atoms with Crippen molar-refractivity contribution in [3.8, 4) is 0 Å². The second-order valence-corrected chi connectivity index (χ2v) is 6.58. The first kappa shape index (κ1) is 12.9. The summed E-state index contributed by atoms with van der Waals surface area (Å²) >= 11 is 0. The summed E-state index contributed by atoms with van der Waals surface area (Å²) in [7, 11) is 0. The van der Waals surface area contributed by atoms with Crippen molar-refractivity contribution >= 4 is 16.8 Å². The van der Waals surface area contributed by atoms with Crippen LogP contribution in [0.25, 0.3) is 10.9 Å². The van der Waals surface area contributed by atoms with E-state index in [2.05, 4.69) is 4.98 Å². The predicted molar refractivity (Wildman–Crippen MR) is 83.0 cm³/mol. The summed E-state index contributed by atoms with van der Waals surface area (Å²) < 4.78 is 0. The number of carbonyl (C=O) groups excluding carboxylic acids is 1. The third kappa shape index (κ3) is 2.23. The summed E-state index contributed by atoms with van der Waals surface area (Å²) in [5.41, 5.74) is 7.88. The Hall–Kier alpha value is -1.81. The Balaban J connectivity index is 1.55. The smallest absolute Gasteiger partial charge is 0.253 e. The number of amides is 1. The molecule has 1 aliphatic carbocycles. The molecule has 2 aromatic rings. The van der Waals surface area contributed by atoms with E-state index in [-0.39, 0.29) is 5.91 Å². The Kier molecular flexibility index (Phi) is 3.00. The van der Waals surface area contributed by atoms with Crippen LogP contribution in [0.2, 0.25) is 0 Å². The van der Waals surface area contributed by atoms with Crippen LogP contribution in [-0.2, 0) is 0 Å². The van der Waals surface area contributed by atoms with E-state index in [1.807, 2.05) is 35.4 Å². The number of likely N-dealkylation sites (tertiary alicyclic amines) is 1. The van der Waals surface area contributed by atoms with Crippen molar-refractivity contribution in [3.63, 3.8) is 0 Å². The Morgan fingerprint density at radius 1 is 1.19 bits per heavy atom. The lowest BCUT2D eigenvalue weighted by atomic mass is 9.79. The number of aromatic amines is 1. The fourth-order valence-corrected chi connectivity index (χ4v) is 4.00. The molecule has 1 amide bonds. The maximum Gasteiger partial charge on any atom is 0.253 e. The summed E-state index contributed by atoms with van der Waals surface area (Å²) in [6.45, 7) is 1.78. The summed E-state index contributed by atoms with van der Waals surface area (Å²) in [5, 5.41) is 1.15. The SMILES string of the molecule is NC1CC[C@@H]2CN(C(=O)c3ccc4cc[nH]c4c3)C[C@@H]2C1. The first-order chi connectivity index (χ1) is 10.2. The molecule has 0 spiro atoms. The van der Waals surface area contributed by atoms with Gasteiger partial charge in [0, 0.05) is 36.4 Å². The van der Waals surface area contributed by atoms with E-state index < -0.39 is 0 Å². The van der Waals surface area contributed by atoms with Gasteiger partial charge in [0.1, 0.15) is 0 Å². The molecule has 2 fully saturated rings. The molecule has 1 unspecified atom stereocenters. The summed E-state index contributed by atoms with van der Waals surface area (Å²) in [6, 6.07) is 8.27. The van der Waals surface area contributed by atoms with Crippen LogP contribution in [0.3, 0.4) is 0 Å². The zero-order valence-corrected chi connectivity index (χ0v) is 12.1.